The minimum absolute atomic E-state index is 0.0202. The second-order valence-electron chi connectivity index (χ2n) is 6.90. The molecule has 7 nitrogen and oxygen atoms in total. The van der Waals surface area contributed by atoms with Crippen LogP contribution in [-0.4, -0.2) is 38.3 Å². The molecule has 1 heterocycles. The van der Waals surface area contributed by atoms with E-state index in [9.17, 15) is 9.59 Å². The largest absolute Gasteiger partial charge is 0.497 e. The normalized spacial score (nSPS) is 15.2. The summed E-state index contributed by atoms with van der Waals surface area (Å²) in [5.41, 5.74) is 0.927. The van der Waals surface area contributed by atoms with Crippen LogP contribution in [0.3, 0.4) is 0 Å². The van der Waals surface area contributed by atoms with E-state index in [2.05, 4.69) is 5.32 Å². The van der Waals surface area contributed by atoms with Gasteiger partial charge in [0.25, 0.3) is 11.8 Å². The number of rotatable bonds is 5. The lowest BCUT2D eigenvalue weighted by molar-refractivity contribution is -0.122. The van der Waals surface area contributed by atoms with Crippen molar-refractivity contribution in [2.75, 3.05) is 26.2 Å². The molecule has 0 aliphatic carbocycles. The number of carbonyl (C=O) groups is 2. The molecule has 1 aliphatic rings. The number of fused-ring (bicyclic) bond motifs is 1. The zero-order valence-corrected chi connectivity index (χ0v) is 18.5. The van der Waals surface area contributed by atoms with Gasteiger partial charge in [0.05, 0.1) is 27.0 Å². The Labute approximate surface area is 190 Å². The number of carbonyl (C=O) groups excluding carboxylic acids is 2. The van der Waals surface area contributed by atoms with Crippen LogP contribution in [0.5, 0.6) is 17.2 Å². The number of nitrogens with one attached hydrogen (secondary N) is 1. The molecule has 0 spiro atoms. The van der Waals surface area contributed by atoms with Crippen LogP contribution in [0.15, 0.2) is 60.2 Å². The molecule has 8 heteroatoms. The number of hydrogen-bond donors (Lipinski definition) is 1. The monoisotopic (exact) mass is 448 g/mol. The lowest BCUT2D eigenvalue weighted by Gasteiger charge is -2.30. The smallest absolute Gasteiger partial charge is 0.270 e. The van der Waals surface area contributed by atoms with E-state index in [0.717, 1.165) is 10.8 Å². The average molecular weight is 449 g/mol. The first kappa shape index (κ1) is 21.3. The Kier molecular flexibility index (Phi) is 5.79. The lowest BCUT2D eigenvalue weighted by atomic mass is 9.99. The predicted octanol–water partition coefficient (Wildman–Crippen LogP) is 3.70. The molecule has 162 valence electrons. The van der Waals surface area contributed by atoms with Crippen LogP contribution in [-0.2, 0) is 9.59 Å². The summed E-state index contributed by atoms with van der Waals surface area (Å²) in [6.45, 7) is 0. The van der Waals surface area contributed by atoms with Crippen LogP contribution in [0.4, 0.5) is 5.69 Å². The van der Waals surface area contributed by atoms with Gasteiger partial charge in [0, 0.05) is 5.56 Å². The summed E-state index contributed by atoms with van der Waals surface area (Å²) in [7, 11) is 4.60. The number of nitrogens with zero attached hydrogens (tertiary/aromatic N) is 1. The molecular formula is C24H20N2O5S. The van der Waals surface area contributed by atoms with Crippen LogP contribution in [0.1, 0.15) is 5.56 Å². The number of para-hydroxylation sites is 2. The van der Waals surface area contributed by atoms with E-state index in [1.54, 1.807) is 37.4 Å². The first-order valence-corrected chi connectivity index (χ1v) is 10.1. The second kappa shape index (κ2) is 8.68. The first-order chi connectivity index (χ1) is 15.5. The fourth-order valence-corrected chi connectivity index (χ4v) is 3.86. The molecule has 0 atom stereocenters. The molecule has 4 rings (SSSR count). The Morgan fingerprint density at radius 1 is 0.906 bits per heavy atom. The van der Waals surface area contributed by atoms with Crippen molar-refractivity contribution in [2.45, 2.75) is 0 Å². The fraction of sp³-hybridized carbons (Fsp3) is 0.125. The Morgan fingerprint density at radius 2 is 1.62 bits per heavy atom. The van der Waals surface area contributed by atoms with Crippen LogP contribution in [0, 0.1) is 0 Å². The van der Waals surface area contributed by atoms with Gasteiger partial charge in [-0.1, -0.05) is 24.3 Å². The third-order valence-electron chi connectivity index (χ3n) is 5.17. The maximum Gasteiger partial charge on any atom is 0.270 e. The summed E-state index contributed by atoms with van der Waals surface area (Å²) in [4.78, 5) is 27.5. The number of benzene rings is 3. The van der Waals surface area contributed by atoms with Crippen molar-refractivity contribution < 1.29 is 23.8 Å². The topological polar surface area (TPSA) is 77.1 Å². The van der Waals surface area contributed by atoms with Crippen molar-refractivity contribution in [1.29, 1.82) is 0 Å². The summed E-state index contributed by atoms with van der Waals surface area (Å²) in [6.07, 6.45) is 1.52. The maximum atomic E-state index is 13.5. The summed E-state index contributed by atoms with van der Waals surface area (Å²) < 4.78 is 16.2. The first-order valence-electron chi connectivity index (χ1n) is 9.67. The quantitative estimate of drug-likeness (QED) is 0.364. The zero-order chi connectivity index (χ0) is 22.8. The summed E-state index contributed by atoms with van der Waals surface area (Å²) in [5.74, 6) is 0.446. The van der Waals surface area contributed by atoms with E-state index in [-0.39, 0.29) is 10.7 Å². The van der Waals surface area contributed by atoms with E-state index in [1.165, 1.54) is 25.2 Å². The van der Waals surface area contributed by atoms with E-state index < -0.39 is 11.8 Å². The molecule has 0 bridgehead atoms. The second-order valence-corrected chi connectivity index (χ2v) is 7.28. The molecule has 0 saturated carbocycles. The van der Waals surface area contributed by atoms with Gasteiger partial charge in [0.1, 0.15) is 22.8 Å². The van der Waals surface area contributed by atoms with Gasteiger partial charge in [0.2, 0.25) is 0 Å². The molecule has 1 N–H and O–H groups in total. The van der Waals surface area contributed by atoms with Gasteiger partial charge >= 0.3 is 0 Å². The highest BCUT2D eigenvalue weighted by Crippen LogP contribution is 2.35. The molecule has 2 amide bonds. The summed E-state index contributed by atoms with van der Waals surface area (Å²) in [5, 5.41) is 4.25. The number of thiocarbonyl (C=S) groups is 1. The van der Waals surface area contributed by atoms with Crippen LogP contribution in [0.25, 0.3) is 16.8 Å². The summed E-state index contributed by atoms with van der Waals surface area (Å²) in [6, 6.07) is 16.2. The molecule has 0 unspecified atom stereocenters. The molecule has 1 fully saturated rings. The van der Waals surface area contributed by atoms with Gasteiger partial charge in [0.15, 0.2) is 5.11 Å². The number of amides is 2. The Balaban J connectivity index is 1.90. The number of hydrogen-bond acceptors (Lipinski definition) is 6. The molecule has 32 heavy (non-hydrogen) atoms. The van der Waals surface area contributed by atoms with Crippen molar-refractivity contribution >= 4 is 51.7 Å². The van der Waals surface area contributed by atoms with E-state index in [1.807, 2.05) is 24.3 Å². The van der Waals surface area contributed by atoms with Crippen molar-refractivity contribution in [3.05, 3.63) is 65.7 Å². The highest BCUT2D eigenvalue weighted by atomic mass is 32.1. The van der Waals surface area contributed by atoms with Gasteiger partial charge in [-0.15, -0.1) is 0 Å². The van der Waals surface area contributed by atoms with Crippen molar-refractivity contribution in [1.82, 2.24) is 5.32 Å². The van der Waals surface area contributed by atoms with Gasteiger partial charge in [-0.05, 0) is 59.4 Å². The van der Waals surface area contributed by atoms with Crippen molar-refractivity contribution in [3.63, 3.8) is 0 Å². The van der Waals surface area contributed by atoms with E-state index >= 15 is 0 Å². The Hall–Kier alpha value is -3.91. The molecule has 3 aromatic rings. The van der Waals surface area contributed by atoms with Gasteiger partial charge in [-0.3, -0.25) is 14.9 Å². The average Bonchev–Trinajstić information content (AvgIpc) is 2.81. The number of ether oxygens (including phenoxy) is 3. The minimum atomic E-state index is -0.590. The Bertz CT molecular complexity index is 1280. The van der Waals surface area contributed by atoms with Crippen molar-refractivity contribution in [2.24, 2.45) is 0 Å². The molecule has 1 aliphatic heterocycles. The van der Waals surface area contributed by atoms with Crippen LogP contribution in [0.2, 0.25) is 0 Å². The van der Waals surface area contributed by atoms with E-state index in [0.29, 0.717) is 28.5 Å². The lowest BCUT2D eigenvalue weighted by Crippen LogP contribution is -2.54. The third kappa shape index (κ3) is 3.65. The molecule has 0 radical (unpaired) electrons. The molecule has 1 saturated heterocycles. The highest BCUT2D eigenvalue weighted by molar-refractivity contribution is 7.80. The summed E-state index contributed by atoms with van der Waals surface area (Å²) >= 11 is 5.30. The minimum Gasteiger partial charge on any atom is -0.497 e. The number of methoxy groups -OCH3 is 3. The number of anilines is 1. The third-order valence-corrected chi connectivity index (χ3v) is 5.45. The maximum absolute atomic E-state index is 13.5. The standard InChI is InChI=1S/C24H20N2O5S/c1-29-15-10-8-14-9-11-20(30-2)17(16(14)12-15)13-18-22(27)25-24(32)26(23(18)28)19-6-4-5-7-21(19)31-3/h4-13H,1-3H3,(H,25,27,32)/b18-13+. The molecular weight excluding hydrogens is 428 g/mol. The fourth-order valence-electron chi connectivity index (χ4n) is 3.59. The van der Waals surface area contributed by atoms with Crippen LogP contribution >= 0.6 is 12.2 Å². The van der Waals surface area contributed by atoms with E-state index in [4.69, 9.17) is 26.4 Å². The van der Waals surface area contributed by atoms with Gasteiger partial charge in [-0.2, -0.15) is 0 Å². The van der Waals surface area contributed by atoms with Gasteiger partial charge in [-0.25, -0.2) is 4.90 Å². The van der Waals surface area contributed by atoms with Crippen molar-refractivity contribution in [3.8, 4) is 17.2 Å². The molecule has 0 aromatic heterocycles. The highest BCUT2D eigenvalue weighted by Gasteiger charge is 2.36. The zero-order valence-electron chi connectivity index (χ0n) is 17.7. The molecule has 3 aromatic carbocycles. The SMILES string of the molecule is COc1ccc2ccc(OC)c(/C=C3\C(=O)NC(=S)N(c4ccccc4OC)C3=O)c2c1. The Morgan fingerprint density at radius 3 is 2.34 bits per heavy atom. The van der Waals surface area contributed by atoms with Crippen LogP contribution < -0.4 is 24.4 Å². The predicted molar refractivity (Wildman–Crippen MR) is 126 cm³/mol. The van der Waals surface area contributed by atoms with Gasteiger partial charge < -0.3 is 14.2 Å².